The van der Waals surface area contributed by atoms with Gasteiger partial charge in [0.15, 0.2) is 11.5 Å². The van der Waals surface area contributed by atoms with Crippen LogP contribution in [0.3, 0.4) is 0 Å². The number of ether oxygens (including phenoxy) is 2. The quantitative estimate of drug-likeness (QED) is 0.552. The van der Waals surface area contributed by atoms with Crippen LogP contribution >= 0.6 is 15.9 Å². The van der Waals surface area contributed by atoms with Gasteiger partial charge in [-0.05, 0) is 47.5 Å². The molecule has 1 N–H and O–H groups in total. The lowest BCUT2D eigenvalue weighted by Crippen LogP contribution is -2.30. The van der Waals surface area contributed by atoms with Gasteiger partial charge < -0.3 is 14.4 Å². The zero-order valence-corrected chi connectivity index (χ0v) is 18.1. The molecule has 2 aromatic rings. The SMILES string of the molecule is CCN(CCCNS(=O)(=O)c1cc(OC)c(OC)cc1Br)c1ccccc1. The number of methoxy groups -OCH3 is 2. The Balaban J connectivity index is 2.01. The van der Waals surface area contributed by atoms with Crippen molar-refractivity contribution in [1.29, 1.82) is 0 Å². The molecule has 0 aliphatic carbocycles. The Labute approximate surface area is 169 Å². The summed E-state index contributed by atoms with van der Waals surface area (Å²) in [5, 5.41) is 0. The van der Waals surface area contributed by atoms with E-state index in [-0.39, 0.29) is 4.90 Å². The molecule has 0 heterocycles. The second-order valence-electron chi connectivity index (χ2n) is 5.80. The smallest absolute Gasteiger partial charge is 0.241 e. The maximum atomic E-state index is 12.7. The minimum atomic E-state index is -3.67. The second kappa shape index (κ2) is 9.96. The van der Waals surface area contributed by atoms with Crippen molar-refractivity contribution in [2.45, 2.75) is 18.2 Å². The predicted molar refractivity (Wildman–Crippen MR) is 111 cm³/mol. The Morgan fingerprint density at radius 3 is 2.30 bits per heavy atom. The molecule has 0 bridgehead atoms. The molecular weight excluding hydrogens is 432 g/mol. The highest BCUT2D eigenvalue weighted by molar-refractivity contribution is 9.10. The zero-order valence-electron chi connectivity index (χ0n) is 15.7. The van der Waals surface area contributed by atoms with E-state index in [1.165, 1.54) is 20.3 Å². The topological polar surface area (TPSA) is 67.9 Å². The van der Waals surface area contributed by atoms with E-state index >= 15 is 0 Å². The molecule has 27 heavy (non-hydrogen) atoms. The molecule has 8 heteroatoms. The van der Waals surface area contributed by atoms with Crippen LogP contribution < -0.4 is 19.1 Å². The first-order valence-corrected chi connectivity index (χ1v) is 10.9. The van der Waals surface area contributed by atoms with Gasteiger partial charge in [-0.25, -0.2) is 13.1 Å². The Hall–Kier alpha value is -1.77. The molecule has 0 atom stereocenters. The lowest BCUT2D eigenvalue weighted by molar-refractivity contribution is 0.353. The van der Waals surface area contributed by atoms with Crippen molar-refractivity contribution in [3.8, 4) is 11.5 Å². The van der Waals surface area contributed by atoms with E-state index in [2.05, 4.69) is 44.6 Å². The zero-order chi connectivity index (χ0) is 19.9. The molecule has 0 saturated carbocycles. The van der Waals surface area contributed by atoms with Crippen LogP contribution in [0.15, 0.2) is 51.8 Å². The summed E-state index contributed by atoms with van der Waals surface area (Å²) < 4.78 is 38.8. The van der Waals surface area contributed by atoms with Crippen LogP contribution in [-0.2, 0) is 10.0 Å². The van der Waals surface area contributed by atoms with Crippen molar-refractivity contribution in [3.63, 3.8) is 0 Å². The second-order valence-corrected chi connectivity index (χ2v) is 8.39. The fourth-order valence-electron chi connectivity index (χ4n) is 2.70. The molecule has 0 fully saturated rings. The molecule has 0 amide bonds. The van der Waals surface area contributed by atoms with Crippen molar-refractivity contribution in [3.05, 3.63) is 46.9 Å². The number of halogens is 1. The van der Waals surface area contributed by atoms with Crippen LogP contribution in [0.5, 0.6) is 11.5 Å². The van der Waals surface area contributed by atoms with E-state index in [9.17, 15) is 8.42 Å². The minimum absolute atomic E-state index is 0.121. The number of anilines is 1. The number of hydrogen-bond acceptors (Lipinski definition) is 5. The van der Waals surface area contributed by atoms with Crippen LogP contribution in [0, 0.1) is 0 Å². The molecule has 2 rings (SSSR count). The standard InChI is InChI=1S/C19H25BrN2O4S/c1-4-22(15-9-6-5-7-10-15)12-8-11-21-27(23,24)19-14-18(26-3)17(25-2)13-16(19)20/h5-7,9-10,13-14,21H,4,8,11-12H2,1-3H3. The van der Waals surface area contributed by atoms with Gasteiger partial charge in [0.2, 0.25) is 10.0 Å². The fraction of sp³-hybridized carbons (Fsp3) is 0.368. The van der Waals surface area contributed by atoms with Crippen LogP contribution in [-0.4, -0.2) is 42.3 Å². The monoisotopic (exact) mass is 456 g/mol. The number of rotatable bonds is 10. The fourth-order valence-corrected chi connectivity index (χ4v) is 4.81. The predicted octanol–water partition coefficient (Wildman–Crippen LogP) is 3.66. The van der Waals surface area contributed by atoms with E-state index in [1.807, 2.05) is 18.2 Å². The van der Waals surface area contributed by atoms with E-state index in [0.717, 1.165) is 18.8 Å². The maximum absolute atomic E-state index is 12.7. The van der Waals surface area contributed by atoms with Crippen molar-refractivity contribution in [1.82, 2.24) is 4.72 Å². The Morgan fingerprint density at radius 1 is 1.07 bits per heavy atom. The van der Waals surface area contributed by atoms with Gasteiger partial charge >= 0.3 is 0 Å². The van der Waals surface area contributed by atoms with Gasteiger partial charge in [-0.3, -0.25) is 0 Å². The molecule has 0 spiro atoms. The van der Waals surface area contributed by atoms with Crippen molar-refractivity contribution < 1.29 is 17.9 Å². The Kier molecular flexibility index (Phi) is 7.94. The highest BCUT2D eigenvalue weighted by atomic mass is 79.9. The van der Waals surface area contributed by atoms with Gasteiger partial charge in [0, 0.05) is 35.9 Å². The summed E-state index contributed by atoms with van der Waals surface area (Å²) in [4.78, 5) is 2.33. The average Bonchev–Trinajstić information content (AvgIpc) is 2.68. The van der Waals surface area contributed by atoms with Crippen LogP contribution in [0.2, 0.25) is 0 Å². The minimum Gasteiger partial charge on any atom is -0.493 e. The molecule has 0 unspecified atom stereocenters. The largest absolute Gasteiger partial charge is 0.493 e. The van der Waals surface area contributed by atoms with Gasteiger partial charge in [-0.15, -0.1) is 0 Å². The Bertz CT molecular complexity index is 844. The summed E-state index contributed by atoms with van der Waals surface area (Å²) in [6.45, 7) is 4.04. The molecule has 0 aliphatic rings. The van der Waals surface area contributed by atoms with Gasteiger partial charge in [-0.2, -0.15) is 0 Å². The number of hydrogen-bond donors (Lipinski definition) is 1. The van der Waals surface area contributed by atoms with Crippen LogP contribution in [0.25, 0.3) is 0 Å². The third kappa shape index (κ3) is 5.60. The molecule has 0 radical (unpaired) electrons. The first-order chi connectivity index (χ1) is 12.9. The van der Waals surface area contributed by atoms with E-state index in [4.69, 9.17) is 9.47 Å². The third-order valence-corrected chi connectivity index (χ3v) is 6.55. The van der Waals surface area contributed by atoms with Crippen LogP contribution in [0.4, 0.5) is 5.69 Å². The number of nitrogens with one attached hydrogen (secondary N) is 1. The summed E-state index contributed by atoms with van der Waals surface area (Å²) in [5.74, 6) is 0.826. The first-order valence-electron chi connectivity index (χ1n) is 8.64. The molecule has 0 aromatic heterocycles. The van der Waals surface area contributed by atoms with E-state index in [0.29, 0.717) is 28.9 Å². The van der Waals surface area contributed by atoms with Gasteiger partial charge in [-0.1, -0.05) is 18.2 Å². The lowest BCUT2D eigenvalue weighted by Gasteiger charge is -2.23. The molecular formula is C19H25BrN2O4S. The molecule has 0 aliphatic heterocycles. The van der Waals surface area contributed by atoms with E-state index < -0.39 is 10.0 Å². The molecule has 0 saturated heterocycles. The van der Waals surface area contributed by atoms with Gasteiger partial charge in [0.25, 0.3) is 0 Å². The van der Waals surface area contributed by atoms with E-state index in [1.54, 1.807) is 6.07 Å². The molecule has 6 nitrogen and oxygen atoms in total. The third-order valence-electron chi connectivity index (χ3n) is 4.13. The van der Waals surface area contributed by atoms with Crippen LogP contribution in [0.1, 0.15) is 13.3 Å². The van der Waals surface area contributed by atoms with Gasteiger partial charge in [0.05, 0.1) is 14.2 Å². The van der Waals surface area contributed by atoms with Gasteiger partial charge in [0.1, 0.15) is 4.90 Å². The number of sulfonamides is 1. The summed E-state index contributed by atoms with van der Waals surface area (Å²) in [6.07, 6.45) is 0.687. The first kappa shape index (κ1) is 21.5. The summed E-state index contributed by atoms with van der Waals surface area (Å²) >= 11 is 3.30. The highest BCUT2D eigenvalue weighted by Crippen LogP contribution is 2.35. The van der Waals surface area contributed by atoms with Crippen molar-refractivity contribution in [2.24, 2.45) is 0 Å². The van der Waals surface area contributed by atoms with Crippen molar-refractivity contribution >= 4 is 31.6 Å². The Morgan fingerprint density at radius 2 is 1.70 bits per heavy atom. The number of benzene rings is 2. The molecule has 148 valence electrons. The summed E-state index contributed by atoms with van der Waals surface area (Å²) in [5.41, 5.74) is 1.13. The highest BCUT2D eigenvalue weighted by Gasteiger charge is 2.21. The van der Waals surface area contributed by atoms with Crippen molar-refractivity contribution in [2.75, 3.05) is 38.8 Å². The number of nitrogens with zero attached hydrogens (tertiary/aromatic N) is 1. The summed E-state index contributed by atoms with van der Waals surface area (Å²) in [6, 6.07) is 13.1. The number of para-hydroxylation sites is 1. The lowest BCUT2D eigenvalue weighted by atomic mass is 10.2. The normalized spacial score (nSPS) is 11.3. The maximum Gasteiger partial charge on any atom is 0.241 e. The summed E-state index contributed by atoms with van der Waals surface area (Å²) in [7, 11) is -0.695. The molecule has 2 aromatic carbocycles. The average molecular weight is 457 g/mol.